The SMILES string of the molecule is CC(C)(C)c1ccc(C(=O)NC2CCCN(c3nnc(C(N)=O)c(Nc4ccc(S(C)(=O)=O)cc4)n3)C2)cc1. The molecule has 1 fully saturated rings. The Morgan fingerprint density at radius 1 is 1.03 bits per heavy atom. The highest BCUT2D eigenvalue weighted by Crippen LogP contribution is 2.24. The zero-order valence-corrected chi connectivity index (χ0v) is 23.2. The molecule has 1 aromatic heterocycles. The molecule has 0 radical (unpaired) electrons. The summed E-state index contributed by atoms with van der Waals surface area (Å²) in [5.41, 5.74) is 7.59. The summed E-state index contributed by atoms with van der Waals surface area (Å²) in [6, 6.07) is 13.5. The van der Waals surface area contributed by atoms with Gasteiger partial charge in [-0.3, -0.25) is 9.59 Å². The molecule has 39 heavy (non-hydrogen) atoms. The summed E-state index contributed by atoms with van der Waals surface area (Å²) in [6.07, 6.45) is 2.72. The van der Waals surface area contributed by atoms with Gasteiger partial charge in [-0.05, 0) is 60.2 Å². The Morgan fingerprint density at radius 2 is 1.69 bits per heavy atom. The van der Waals surface area contributed by atoms with E-state index in [1.54, 1.807) is 12.1 Å². The first-order valence-electron chi connectivity index (χ1n) is 12.6. The minimum atomic E-state index is -3.35. The molecule has 1 atom stereocenters. The van der Waals surface area contributed by atoms with E-state index in [0.717, 1.165) is 24.7 Å². The minimum absolute atomic E-state index is 0.00426. The fraction of sp³-hybridized carbons (Fsp3) is 0.370. The molecule has 1 unspecified atom stereocenters. The molecule has 2 heterocycles. The van der Waals surface area contributed by atoms with Gasteiger partial charge in [0, 0.05) is 36.6 Å². The second kappa shape index (κ2) is 11.0. The minimum Gasteiger partial charge on any atom is -0.364 e. The van der Waals surface area contributed by atoms with E-state index in [4.69, 9.17) is 5.73 Å². The summed E-state index contributed by atoms with van der Waals surface area (Å²) in [4.78, 5) is 31.4. The van der Waals surface area contributed by atoms with Crippen molar-refractivity contribution >= 4 is 39.1 Å². The number of carbonyl (C=O) groups is 2. The highest BCUT2D eigenvalue weighted by Gasteiger charge is 2.26. The van der Waals surface area contributed by atoms with Crippen molar-refractivity contribution in [2.45, 2.75) is 50.0 Å². The number of nitrogens with two attached hydrogens (primary N) is 1. The molecule has 0 spiro atoms. The van der Waals surface area contributed by atoms with Crippen molar-refractivity contribution in [2.24, 2.45) is 5.73 Å². The first-order chi connectivity index (χ1) is 18.3. The van der Waals surface area contributed by atoms with Crippen LogP contribution in [0.25, 0.3) is 0 Å². The van der Waals surface area contributed by atoms with E-state index >= 15 is 0 Å². The van der Waals surface area contributed by atoms with Crippen LogP contribution in [0.1, 0.15) is 60.0 Å². The Morgan fingerprint density at radius 3 is 2.28 bits per heavy atom. The lowest BCUT2D eigenvalue weighted by Gasteiger charge is -2.33. The number of benzene rings is 2. The number of hydrogen-bond donors (Lipinski definition) is 3. The first kappa shape index (κ1) is 28.0. The van der Waals surface area contributed by atoms with Crippen LogP contribution in [0.4, 0.5) is 17.5 Å². The van der Waals surface area contributed by atoms with E-state index in [1.807, 2.05) is 29.2 Å². The Labute approximate surface area is 228 Å². The van der Waals surface area contributed by atoms with Crippen molar-refractivity contribution in [1.29, 1.82) is 0 Å². The standard InChI is InChI=1S/C27H33N7O4S/c1-27(2,3)18-9-7-17(8-10-18)25(36)30-20-6-5-15-34(16-20)26-31-24(22(23(28)35)32-33-26)29-19-11-13-21(14-12-19)39(4,37)38/h7-14,20H,5-6,15-16H2,1-4H3,(H2,28,35)(H,30,36)(H,29,31,33). The molecular weight excluding hydrogens is 518 g/mol. The van der Waals surface area contributed by atoms with Crippen molar-refractivity contribution in [1.82, 2.24) is 20.5 Å². The molecule has 0 bridgehead atoms. The van der Waals surface area contributed by atoms with E-state index in [-0.39, 0.29) is 39.7 Å². The number of anilines is 3. The second-order valence-corrected chi connectivity index (χ2v) is 12.7. The van der Waals surface area contributed by atoms with E-state index in [1.165, 1.54) is 12.1 Å². The molecule has 4 N–H and O–H groups in total. The molecule has 0 aliphatic carbocycles. The van der Waals surface area contributed by atoms with Gasteiger partial charge in [0.15, 0.2) is 21.3 Å². The first-order valence-corrected chi connectivity index (χ1v) is 14.5. The second-order valence-electron chi connectivity index (χ2n) is 10.7. The van der Waals surface area contributed by atoms with Gasteiger partial charge in [0.25, 0.3) is 11.8 Å². The van der Waals surface area contributed by atoms with Crippen molar-refractivity contribution in [3.05, 3.63) is 65.4 Å². The Kier molecular flexibility index (Phi) is 7.86. The molecule has 0 saturated carbocycles. The molecule has 1 aliphatic heterocycles. The summed E-state index contributed by atoms with van der Waals surface area (Å²) >= 11 is 0. The van der Waals surface area contributed by atoms with Crippen molar-refractivity contribution < 1.29 is 18.0 Å². The zero-order valence-electron chi connectivity index (χ0n) is 22.4. The molecule has 2 amide bonds. The molecule has 3 aromatic rings. The van der Waals surface area contributed by atoms with Gasteiger partial charge in [-0.25, -0.2) is 8.42 Å². The predicted octanol–water partition coefficient (Wildman–Crippen LogP) is 2.81. The summed E-state index contributed by atoms with van der Waals surface area (Å²) < 4.78 is 23.5. The Hall–Kier alpha value is -4.06. The Bertz CT molecular complexity index is 1470. The summed E-state index contributed by atoms with van der Waals surface area (Å²) in [5, 5.41) is 14.2. The van der Waals surface area contributed by atoms with Crippen LogP contribution in [0.15, 0.2) is 53.4 Å². The lowest BCUT2D eigenvalue weighted by atomic mass is 9.86. The molecule has 206 valence electrons. The largest absolute Gasteiger partial charge is 0.364 e. The number of piperidine rings is 1. The van der Waals surface area contributed by atoms with Crippen LogP contribution in [0.5, 0.6) is 0 Å². The molecule has 4 rings (SSSR count). The summed E-state index contributed by atoms with van der Waals surface area (Å²) in [5.74, 6) is -0.572. The topological polar surface area (TPSA) is 160 Å². The quantitative estimate of drug-likeness (QED) is 0.401. The van der Waals surface area contributed by atoms with Gasteiger partial charge in [-0.15, -0.1) is 10.2 Å². The van der Waals surface area contributed by atoms with Crippen LogP contribution in [0, 0.1) is 0 Å². The number of nitrogens with one attached hydrogen (secondary N) is 2. The fourth-order valence-corrected chi connectivity index (χ4v) is 4.92. The number of hydrogen-bond acceptors (Lipinski definition) is 9. The Balaban J connectivity index is 1.48. The number of aromatic nitrogens is 3. The number of sulfone groups is 1. The zero-order chi connectivity index (χ0) is 28.4. The van der Waals surface area contributed by atoms with Gasteiger partial charge in [0.05, 0.1) is 4.90 Å². The van der Waals surface area contributed by atoms with Crippen molar-refractivity contribution in [3.63, 3.8) is 0 Å². The van der Waals surface area contributed by atoms with Crippen molar-refractivity contribution in [3.8, 4) is 0 Å². The number of rotatable bonds is 7. The van der Waals surface area contributed by atoms with Crippen LogP contribution in [-0.4, -0.2) is 60.8 Å². The average molecular weight is 552 g/mol. The van der Waals surface area contributed by atoms with Crippen LogP contribution in [-0.2, 0) is 15.3 Å². The molecule has 11 nitrogen and oxygen atoms in total. The van der Waals surface area contributed by atoms with Gasteiger partial charge < -0.3 is 21.3 Å². The maximum absolute atomic E-state index is 12.9. The number of primary amides is 1. The van der Waals surface area contributed by atoms with E-state index < -0.39 is 15.7 Å². The monoisotopic (exact) mass is 551 g/mol. The van der Waals surface area contributed by atoms with Gasteiger partial charge >= 0.3 is 0 Å². The summed E-state index contributed by atoms with van der Waals surface area (Å²) in [6.45, 7) is 7.49. The van der Waals surface area contributed by atoms with E-state index in [2.05, 4.69) is 46.6 Å². The molecule has 2 aromatic carbocycles. The molecule has 12 heteroatoms. The van der Waals surface area contributed by atoms with Crippen LogP contribution >= 0.6 is 0 Å². The molecular formula is C27H33N7O4S. The van der Waals surface area contributed by atoms with Gasteiger partial charge in [-0.1, -0.05) is 32.9 Å². The van der Waals surface area contributed by atoms with Gasteiger partial charge in [-0.2, -0.15) is 4.98 Å². The van der Waals surface area contributed by atoms with Crippen molar-refractivity contribution in [2.75, 3.05) is 29.6 Å². The number of amides is 2. The molecule has 1 saturated heterocycles. The maximum Gasteiger partial charge on any atom is 0.273 e. The van der Waals surface area contributed by atoms with Gasteiger partial charge in [0.1, 0.15) is 0 Å². The third-order valence-electron chi connectivity index (χ3n) is 6.51. The number of carbonyl (C=O) groups excluding carboxylic acids is 2. The maximum atomic E-state index is 12.9. The number of nitrogens with zero attached hydrogens (tertiary/aromatic N) is 4. The summed E-state index contributed by atoms with van der Waals surface area (Å²) in [7, 11) is -3.35. The third kappa shape index (κ3) is 6.88. The molecule has 1 aliphatic rings. The highest BCUT2D eigenvalue weighted by molar-refractivity contribution is 7.90. The average Bonchev–Trinajstić information content (AvgIpc) is 2.88. The lowest BCUT2D eigenvalue weighted by molar-refractivity contribution is 0.0931. The third-order valence-corrected chi connectivity index (χ3v) is 7.64. The van der Waals surface area contributed by atoms with Gasteiger partial charge in [0.2, 0.25) is 5.95 Å². The van der Waals surface area contributed by atoms with Crippen LogP contribution in [0.2, 0.25) is 0 Å². The van der Waals surface area contributed by atoms with E-state index in [9.17, 15) is 18.0 Å². The lowest BCUT2D eigenvalue weighted by Crippen LogP contribution is -2.48. The van der Waals surface area contributed by atoms with E-state index in [0.29, 0.717) is 24.3 Å². The van der Waals surface area contributed by atoms with Crippen LogP contribution < -0.4 is 21.3 Å². The smallest absolute Gasteiger partial charge is 0.273 e. The van der Waals surface area contributed by atoms with Crippen LogP contribution in [0.3, 0.4) is 0 Å². The predicted molar refractivity (Wildman–Crippen MR) is 149 cm³/mol. The highest BCUT2D eigenvalue weighted by atomic mass is 32.2. The normalized spacial score (nSPS) is 16.0. The fourth-order valence-electron chi connectivity index (χ4n) is 4.29.